The highest BCUT2D eigenvalue weighted by atomic mass is 32.2. The number of carboxylic acids is 1. The van der Waals surface area contributed by atoms with Gasteiger partial charge >= 0.3 is 5.97 Å². The molecule has 1 saturated heterocycles. The first-order chi connectivity index (χ1) is 16.3. The van der Waals surface area contributed by atoms with Gasteiger partial charge in [0, 0.05) is 36.6 Å². The molecule has 2 aliphatic heterocycles. The highest BCUT2D eigenvalue weighted by molar-refractivity contribution is 7.92. The summed E-state index contributed by atoms with van der Waals surface area (Å²) in [5.74, 6) is -2.05. The van der Waals surface area contributed by atoms with Crippen molar-refractivity contribution in [3.63, 3.8) is 0 Å². The number of hydrogen-bond acceptors (Lipinski definition) is 6. The molecule has 1 fully saturated rings. The predicted molar refractivity (Wildman–Crippen MR) is 131 cm³/mol. The molecule has 2 aromatic carbocycles. The third-order valence-electron chi connectivity index (χ3n) is 6.23. The van der Waals surface area contributed by atoms with Crippen molar-refractivity contribution >= 4 is 50.3 Å². The lowest BCUT2D eigenvalue weighted by Gasteiger charge is -2.30. The minimum Gasteiger partial charge on any atom is -0.481 e. The second kappa shape index (κ2) is 8.77. The van der Waals surface area contributed by atoms with Crippen molar-refractivity contribution < 1.29 is 23.1 Å². The van der Waals surface area contributed by atoms with Gasteiger partial charge < -0.3 is 14.9 Å². The molecule has 1 amide bonds. The average Bonchev–Trinajstić information content (AvgIpc) is 3.45. The summed E-state index contributed by atoms with van der Waals surface area (Å²) in [7, 11) is -3.87. The minimum absolute atomic E-state index is 0.0584. The van der Waals surface area contributed by atoms with Crippen molar-refractivity contribution in [3.8, 4) is 0 Å². The molecular weight excluding hydrogens is 474 g/mol. The van der Waals surface area contributed by atoms with Gasteiger partial charge in [-0.15, -0.1) is 11.3 Å². The Bertz CT molecular complexity index is 1350. The Hall–Kier alpha value is -3.37. The summed E-state index contributed by atoms with van der Waals surface area (Å²) < 4.78 is 29.0. The van der Waals surface area contributed by atoms with Gasteiger partial charge in [-0.2, -0.15) is 0 Å². The van der Waals surface area contributed by atoms with Crippen LogP contribution in [0.15, 0.2) is 64.9 Å². The van der Waals surface area contributed by atoms with Crippen LogP contribution in [0.1, 0.15) is 16.9 Å². The Morgan fingerprint density at radius 1 is 1.09 bits per heavy atom. The van der Waals surface area contributed by atoms with Gasteiger partial charge in [-0.1, -0.05) is 12.1 Å². The Morgan fingerprint density at radius 2 is 1.85 bits per heavy atom. The molecule has 10 heteroatoms. The van der Waals surface area contributed by atoms with Gasteiger partial charge in [0.1, 0.15) is 0 Å². The number of hydrogen-bond donors (Lipinski definition) is 2. The molecule has 176 valence electrons. The fourth-order valence-corrected chi connectivity index (χ4v) is 6.39. The monoisotopic (exact) mass is 497 g/mol. The molecule has 0 saturated carbocycles. The van der Waals surface area contributed by atoms with E-state index >= 15 is 0 Å². The van der Waals surface area contributed by atoms with E-state index in [1.165, 1.54) is 39.6 Å². The largest absolute Gasteiger partial charge is 0.481 e. The summed E-state index contributed by atoms with van der Waals surface area (Å²) in [5.41, 5.74) is 3.07. The standard InChI is InChI=1S/C24H23N3O5S2/c28-23-13-17(24(29)30)15-27(23)18-5-7-19(8-6-18)34(31,32)25-20-3-1-2-4-21(20)26-11-9-22-16(14-26)10-12-33-22/h1-8,10,12,17,25H,9,11,13-15H2,(H,29,30). The molecule has 5 rings (SSSR count). The van der Waals surface area contributed by atoms with E-state index in [0.29, 0.717) is 11.4 Å². The van der Waals surface area contributed by atoms with E-state index in [4.69, 9.17) is 0 Å². The van der Waals surface area contributed by atoms with E-state index in [-0.39, 0.29) is 23.8 Å². The quantitative estimate of drug-likeness (QED) is 0.539. The summed E-state index contributed by atoms with van der Waals surface area (Å²) in [4.78, 5) is 28.4. The zero-order valence-corrected chi connectivity index (χ0v) is 19.8. The number of para-hydroxylation sites is 2. The lowest BCUT2D eigenvalue weighted by atomic mass is 10.1. The number of thiophene rings is 1. The molecule has 0 bridgehead atoms. The lowest BCUT2D eigenvalue weighted by molar-refractivity contribution is -0.141. The van der Waals surface area contributed by atoms with Crippen LogP contribution in [0.4, 0.5) is 17.1 Å². The fourth-order valence-electron chi connectivity index (χ4n) is 4.42. The van der Waals surface area contributed by atoms with Crippen molar-refractivity contribution in [2.75, 3.05) is 27.6 Å². The number of amides is 1. The predicted octanol–water partition coefficient (Wildman–Crippen LogP) is 3.55. The fraction of sp³-hybridized carbons (Fsp3) is 0.250. The van der Waals surface area contributed by atoms with Crippen molar-refractivity contribution in [1.29, 1.82) is 0 Å². The van der Waals surface area contributed by atoms with Crippen molar-refractivity contribution in [2.24, 2.45) is 5.92 Å². The minimum atomic E-state index is -3.87. The number of carbonyl (C=O) groups excluding carboxylic acids is 1. The molecular formula is C24H23N3O5S2. The number of anilines is 3. The molecule has 0 radical (unpaired) electrons. The normalized spacial score (nSPS) is 18.1. The zero-order valence-electron chi connectivity index (χ0n) is 18.2. The molecule has 1 aromatic heterocycles. The summed E-state index contributed by atoms with van der Waals surface area (Å²) in [6.45, 7) is 1.61. The molecule has 1 unspecified atom stereocenters. The number of fused-ring (bicyclic) bond motifs is 1. The topological polar surface area (TPSA) is 107 Å². The number of carboxylic acid groups (broad SMARTS) is 1. The van der Waals surface area contributed by atoms with E-state index in [2.05, 4.69) is 21.1 Å². The summed E-state index contributed by atoms with van der Waals surface area (Å²) in [5, 5.41) is 11.3. The van der Waals surface area contributed by atoms with E-state index in [1.807, 2.05) is 12.1 Å². The van der Waals surface area contributed by atoms with Crippen LogP contribution in [0.25, 0.3) is 0 Å². The van der Waals surface area contributed by atoms with E-state index < -0.39 is 21.9 Å². The third kappa shape index (κ3) is 4.26. The van der Waals surface area contributed by atoms with Gasteiger partial charge in [0.15, 0.2) is 0 Å². The molecule has 1 atom stereocenters. The number of sulfonamides is 1. The van der Waals surface area contributed by atoms with Crippen LogP contribution >= 0.6 is 11.3 Å². The van der Waals surface area contributed by atoms with Gasteiger partial charge in [-0.3, -0.25) is 14.3 Å². The van der Waals surface area contributed by atoms with E-state index in [1.54, 1.807) is 23.5 Å². The summed E-state index contributed by atoms with van der Waals surface area (Å²) in [6, 6.07) is 15.4. The van der Waals surface area contributed by atoms with Gasteiger partial charge in [0.25, 0.3) is 10.0 Å². The van der Waals surface area contributed by atoms with Crippen LogP contribution in [0, 0.1) is 5.92 Å². The second-order valence-corrected chi connectivity index (χ2v) is 11.1. The molecule has 2 N–H and O–H groups in total. The molecule has 0 spiro atoms. The highest BCUT2D eigenvalue weighted by Gasteiger charge is 2.35. The highest BCUT2D eigenvalue weighted by Crippen LogP contribution is 2.34. The maximum absolute atomic E-state index is 13.1. The molecule has 3 heterocycles. The van der Waals surface area contributed by atoms with Crippen LogP contribution < -0.4 is 14.5 Å². The molecule has 3 aromatic rings. The first kappa shape index (κ1) is 22.4. The summed E-state index contributed by atoms with van der Waals surface area (Å²) >= 11 is 1.75. The van der Waals surface area contributed by atoms with Crippen LogP contribution in [0.5, 0.6) is 0 Å². The number of rotatable bonds is 6. The number of carbonyl (C=O) groups is 2. The molecule has 0 aliphatic carbocycles. The van der Waals surface area contributed by atoms with Gasteiger partial charge in [0.2, 0.25) is 5.91 Å². The van der Waals surface area contributed by atoms with Crippen LogP contribution in [0.2, 0.25) is 0 Å². The molecule has 8 nitrogen and oxygen atoms in total. The lowest BCUT2D eigenvalue weighted by Crippen LogP contribution is -2.30. The van der Waals surface area contributed by atoms with Crippen molar-refractivity contribution in [2.45, 2.75) is 24.3 Å². The maximum Gasteiger partial charge on any atom is 0.308 e. The summed E-state index contributed by atoms with van der Waals surface area (Å²) in [6.07, 6.45) is 0.866. The molecule has 34 heavy (non-hydrogen) atoms. The number of nitrogens with one attached hydrogen (secondary N) is 1. The Balaban J connectivity index is 1.35. The number of benzene rings is 2. The van der Waals surface area contributed by atoms with Crippen LogP contribution in [-0.2, 0) is 32.6 Å². The third-order valence-corrected chi connectivity index (χ3v) is 8.63. The van der Waals surface area contributed by atoms with Crippen molar-refractivity contribution in [3.05, 3.63) is 70.4 Å². The van der Waals surface area contributed by atoms with Crippen LogP contribution in [-0.4, -0.2) is 38.5 Å². The van der Waals surface area contributed by atoms with Gasteiger partial charge in [-0.05, 0) is 59.8 Å². The molecule has 2 aliphatic rings. The van der Waals surface area contributed by atoms with E-state index in [9.17, 15) is 23.1 Å². The first-order valence-electron chi connectivity index (χ1n) is 10.9. The SMILES string of the molecule is O=C(O)C1CC(=O)N(c2ccc(S(=O)(=O)Nc3ccccc3N3CCc4sccc4C3)cc2)C1. The smallest absolute Gasteiger partial charge is 0.308 e. The Labute approximate surface area is 201 Å². The zero-order chi connectivity index (χ0) is 23.9. The number of aliphatic carboxylic acids is 1. The van der Waals surface area contributed by atoms with Crippen LogP contribution in [0.3, 0.4) is 0 Å². The van der Waals surface area contributed by atoms with E-state index in [0.717, 1.165) is 25.2 Å². The first-order valence-corrected chi connectivity index (χ1v) is 13.2. The maximum atomic E-state index is 13.1. The second-order valence-electron chi connectivity index (χ2n) is 8.40. The van der Waals surface area contributed by atoms with Gasteiger partial charge in [0.05, 0.1) is 22.2 Å². The van der Waals surface area contributed by atoms with Crippen molar-refractivity contribution in [1.82, 2.24) is 0 Å². The Morgan fingerprint density at radius 3 is 2.59 bits per heavy atom. The van der Waals surface area contributed by atoms with Gasteiger partial charge in [-0.25, -0.2) is 8.42 Å². The average molecular weight is 498 g/mol. The number of nitrogens with zero attached hydrogens (tertiary/aromatic N) is 2. The Kier molecular flexibility index (Phi) is 5.78.